The fraction of sp³-hybridized carbons (Fsp3) is 0.286. The summed E-state index contributed by atoms with van der Waals surface area (Å²) in [5.41, 5.74) is 3.27. The van der Waals surface area contributed by atoms with Crippen LogP contribution in [0.1, 0.15) is 10.7 Å². The molecule has 0 unspecified atom stereocenters. The summed E-state index contributed by atoms with van der Waals surface area (Å²) in [7, 11) is 2.03. The maximum atomic E-state index is 4.58. The minimum atomic E-state index is 0.851. The van der Waals surface area contributed by atoms with Gasteiger partial charge in [-0.1, -0.05) is 12.1 Å². The summed E-state index contributed by atoms with van der Waals surface area (Å²) in [6.45, 7) is 2.88. The number of nitrogens with zero attached hydrogens (tertiary/aromatic N) is 3. The van der Waals surface area contributed by atoms with E-state index in [2.05, 4.69) is 31.3 Å². The Labute approximate surface area is 116 Å². The van der Waals surface area contributed by atoms with Gasteiger partial charge in [-0.05, 0) is 19.1 Å². The number of rotatable bonds is 4. The van der Waals surface area contributed by atoms with Crippen LogP contribution in [0.5, 0.6) is 0 Å². The molecule has 3 aromatic rings. The maximum Gasteiger partial charge on any atom is 0.203 e. The lowest BCUT2D eigenvalue weighted by Gasteiger charge is -2.04. The number of nitrogens with one attached hydrogen (secondary N) is 1. The van der Waals surface area contributed by atoms with Crippen molar-refractivity contribution in [1.82, 2.24) is 14.5 Å². The minimum absolute atomic E-state index is 0.851. The molecule has 0 bridgehead atoms. The van der Waals surface area contributed by atoms with Crippen LogP contribution in [0, 0.1) is 6.92 Å². The zero-order chi connectivity index (χ0) is 13.2. The summed E-state index contributed by atoms with van der Waals surface area (Å²) < 4.78 is 2.09. The van der Waals surface area contributed by atoms with E-state index in [1.165, 1.54) is 5.01 Å². The van der Waals surface area contributed by atoms with E-state index < -0.39 is 0 Å². The molecular weight excluding hydrogens is 256 g/mol. The summed E-state index contributed by atoms with van der Waals surface area (Å²) in [6, 6.07) is 8.16. The number of hydrogen-bond acceptors (Lipinski definition) is 4. The zero-order valence-electron chi connectivity index (χ0n) is 11.1. The van der Waals surface area contributed by atoms with Gasteiger partial charge in [0.1, 0.15) is 0 Å². The van der Waals surface area contributed by atoms with Gasteiger partial charge in [-0.2, -0.15) is 0 Å². The van der Waals surface area contributed by atoms with Gasteiger partial charge in [0.2, 0.25) is 5.95 Å². The molecule has 4 nitrogen and oxygen atoms in total. The highest BCUT2D eigenvalue weighted by Gasteiger charge is 2.06. The molecule has 2 heterocycles. The molecule has 2 aromatic heterocycles. The number of imidazole rings is 1. The molecule has 3 rings (SSSR count). The summed E-state index contributed by atoms with van der Waals surface area (Å²) in [4.78, 5) is 9.04. The fourth-order valence-electron chi connectivity index (χ4n) is 2.10. The van der Waals surface area contributed by atoms with Gasteiger partial charge in [0.25, 0.3) is 0 Å². The molecule has 1 N–H and O–H groups in total. The molecule has 19 heavy (non-hydrogen) atoms. The molecule has 98 valence electrons. The Bertz CT molecular complexity index is 698. The second-order valence-corrected chi connectivity index (χ2v) is 5.49. The molecule has 0 aliphatic rings. The average Bonchev–Trinajstić information content (AvgIpc) is 2.96. The van der Waals surface area contributed by atoms with Crippen LogP contribution in [-0.4, -0.2) is 21.1 Å². The second-order valence-electron chi connectivity index (χ2n) is 4.54. The first-order valence-electron chi connectivity index (χ1n) is 6.30. The Morgan fingerprint density at radius 1 is 1.26 bits per heavy atom. The van der Waals surface area contributed by atoms with Crippen molar-refractivity contribution in [3.8, 4) is 0 Å². The highest BCUT2D eigenvalue weighted by atomic mass is 32.1. The molecule has 0 saturated carbocycles. The summed E-state index contributed by atoms with van der Waals surface area (Å²) in [5, 5.41) is 6.64. The van der Waals surface area contributed by atoms with Gasteiger partial charge in [-0.25, -0.2) is 9.97 Å². The first-order valence-corrected chi connectivity index (χ1v) is 7.18. The van der Waals surface area contributed by atoms with Crippen LogP contribution in [-0.2, 0) is 13.5 Å². The highest BCUT2D eigenvalue weighted by Crippen LogP contribution is 2.17. The molecule has 0 atom stereocenters. The Hall–Kier alpha value is -1.88. The number of benzene rings is 1. The Balaban J connectivity index is 1.70. The first-order chi connectivity index (χ1) is 9.24. The van der Waals surface area contributed by atoms with Crippen molar-refractivity contribution in [1.29, 1.82) is 0 Å². The molecule has 0 amide bonds. The van der Waals surface area contributed by atoms with E-state index in [1.807, 2.05) is 32.2 Å². The third kappa shape index (κ3) is 2.46. The van der Waals surface area contributed by atoms with Gasteiger partial charge in [0, 0.05) is 31.1 Å². The topological polar surface area (TPSA) is 42.7 Å². The lowest BCUT2D eigenvalue weighted by atomic mass is 10.3. The molecule has 0 radical (unpaired) electrons. The van der Waals surface area contributed by atoms with Gasteiger partial charge < -0.3 is 9.88 Å². The van der Waals surface area contributed by atoms with Crippen LogP contribution < -0.4 is 5.32 Å². The van der Waals surface area contributed by atoms with Gasteiger partial charge in [0.15, 0.2) is 0 Å². The van der Waals surface area contributed by atoms with E-state index in [0.29, 0.717) is 0 Å². The third-order valence-electron chi connectivity index (χ3n) is 3.08. The number of thiazole rings is 1. The van der Waals surface area contributed by atoms with Crippen LogP contribution >= 0.6 is 11.3 Å². The van der Waals surface area contributed by atoms with Gasteiger partial charge in [-0.3, -0.25) is 0 Å². The first kappa shape index (κ1) is 12.2. The van der Waals surface area contributed by atoms with Crippen LogP contribution in [0.15, 0.2) is 29.6 Å². The maximum absolute atomic E-state index is 4.58. The van der Waals surface area contributed by atoms with Crippen molar-refractivity contribution in [2.45, 2.75) is 13.3 Å². The van der Waals surface area contributed by atoms with Crippen molar-refractivity contribution in [2.75, 3.05) is 11.9 Å². The van der Waals surface area contributed by atoms with Gasteiger partial charge in [0.05, 0.1) is 16.0 Å². The molecule has 0 fully saturated rings. The predicted octanol–water partition coefficient (Wildman–Crippen LogP) is 2.99. The Kier molecular flexibility index (Phi) is 3.21. The molecule has 0 aliphatic heterocycles. The smallest absolute Gasteiger partial charge is 0.203 e. The van der Waals surface area contributed by atoms with Crippen molar-refractivity contribution >= 4 is 28.3 Å². The highest BCUT2D eigenvalue weighted by molar-refractivity contribution is 7.09. The molecular formula is C14H16N4S. The number of anilines is 1. The summed E-state index contributed by atoms with van der Waals surface area (Å²) >= 11 is 1.72. The monoisotopic (exact) mass is 272 g/mol. The van der Waals surface area contributed by atoms with E-state index >= 15 is 0 Å². The van der Waals surface area contributed by atoms with Crippen LogP contribution in [0.25, 0.3) is 11.0 Å². The van der Waals surface area contributed by atoms with Crippen molar-refractivity contribution < 1.29 is 0 Å². The van der Waals surface area contributed by atoms with Crippen molar-refractivity contribution in [3.63, 3.8) is 0 Å². The molecule has 0 saturated heterocycles. The number of hydrogen-bond donors (Lipinski definition) is 1. The van der Waals surface area contributed by atoms with Crippen LogP contribution in [0.4, 0.5) is 5.95 Å². The van der Waals surface area contributed by atoms with E-state index in [0.717, 1.165) is 35.6 Å². The fourth-order valence-corrected chi connectivity index (χ4v) is 2.88. The molecule has 0 aliphatic carbocycles. The van der Waals surface area contributed by atoms with E-state index in [4.69, 9.17) is 0 Å². The van der Waals surface area contributed by atoms with E-state index in [-0.39, 0.29) is 0 Å². The lowest BCUT2D eigenvalue weighted by Crippen LogP contribution is -2.08. The molecule has 5 heteroatoms. The summed E-state index contributed by atoms with van der Waals surface area (Å²) in [5.74, 6) is 0.912. The second kappa shape index (κ2) is 5.01. The van der Waals surface area contributed by atoms with E-state index in [9.17, 15) is 0 Å². The quantitative estimate of drug-likeness (QED) is 0.794. The van der Waals surface area contributed by atoms with Crippen molar-refractivity contribution in [3.05, 3.63) is 40.3 Å². The number of fused-ring (bicyclic) bond motifs is 1. The zero-order valence-corrected chi connectivity index (χ0v) is 11.9. The predicted molar refractivity (Wildman–Crippen MR) is 79.8 cm³/mol. The van der Waals surface area contributed by atoms with Crippen molar-refractivity contribution in [2.24, 2.45) is 7.05 Å². The average molecular weight is 272 g/mol. The van der Waals surface area contributed by atoms with Gasteiger partial charge in [-0.15, -0.1) is 11.3 Å². The Morgan fingerprint density at radius 2 is 2.11 bits per heavy atom. The van der Waals surface area contributed by atoms with Crippen LogP contribution in [0.2, 0.25) is 0 Å². The van der Waals surface area contributed by atoms with Crippen LogP contribution in [0.3, 0.4) is 0 Å². The Morgan fingerprint density at radius 3 is 2.84 bits per heavy atom. The normalized spacial score (nSPS) is 11.1. The minimum Gasteiger partial charge on any atom is -0.355 e. The molecule has 0 spiro atoms. The SMILES string of the molecule is Cc1csc(CCNc2nc3ccccc3n2C)n1. The molecule has 1 aromatic carbocycles. The number of para-hydroxylation sites is 2. The number of aryl methyl sites for hydroxylation is 2. The third-order valence-corrected chi connectivity index (χ3v) is 4.10. The lowest BCUT2D eigenvalue weighted by molar-refractivity contribution is 0.906. The largest absolute Gasteiger partial charge is 0.355 e. The standard InChI is InChI=1S/C14H16N4S/c1-10-9-19-13(16-10)7-8-15-14-17-11-5-3-4-6-12(11)18(14)2/h3-6,9H,7-8H2,1-2H3,(H,15,17). The van der Waals surface area contributed by atoms with E-state index in [1.54, 1.807) is 11.3 Å². The number of aromatic nitrogens is 3. The van der Waals surface area contributed by atoms with Gasteiger partial charge >= 0.3 is 0 Å². The summed E-state index contributed by atoms with van der Waals surface area (Å²) in [6.07, 6.45) is 0.932.